The van der Waals surface area contributed by atoms with E-state index in [4.69, 9.17) is 4.74 Å². The van der Waals surface area contributed by atoms with Crippen molar-refractivity contribution in [3.63, 3.8) is 0 Å². The van der Waals surface area contributed by atoms with Gasteiger partial charge >= 0.3 is 0 Å². The summed E-state index contributed by atoms with van der Waals surface area (Å²) in [5.41, 5.74) is 2.18. The predicted octanol–water partition coefficient (Wildman–Crippen LogP) is 3.81. The largest absolute Gasteiger partial charge is 0.485 e. The van der Waals surface area contributed by atoms with Crippen LogP contribution in [0.5, 0.6) is 5.75 Å². The molecule has 2 aromatic rings. The van der Waals surface area contributed by atoms with E-state index < -0.39 is 0 Å². The zero-order chi connectivity index (χ0) is 19.9. The molecule has 0 bridgehead atoms. The van der Waals surface area contributed by atoms with Crippen LogP contribution in [0.3, 0.4) is 0 Å². The third kappa shape index (κ3) is 5.16. The van der Waals surface area contributed by atoms with E-state index in [0.29, 0.717) is 30.1 Å². The molecule has 0 radical (unpaired) electrons. The molecule has 0 atom stereocenters. The molecule has 3 rings (SSSR count). The number of allylic oxidation sites excluding steroid dienone is 1. The topological polar surface area (TPSA) is 69.0 Å². The molecule has 1 amide bonds. The Morgan fingerprint density at radius 1 is 1.32 bits per heavy atom. The normalized spacial score (nSPS) is 14.2. The van der Waals surface area contributed by atoms with Crippen molar-refractivity contribution in [2.45, 2.75) is 63.9 Å². The van der Waals surface area contributed by atoms with E-state index in [9.17, 15) is 4.79 Å². The van der Waals surface area contributed by atoms with E-state index in [2.05, 4.69) is 22.1 Å². The van der Waals surface area contributed by atoms with Gasteiger partial charge in [0.05, 0.1) is 5.75 Å². The number of aryl methyl sites for hydroxylation is 2. The van der Waals surface area contributed by atoms with Crippen LogP contribution in [0, 0.1) is 13.8 Å². The lowest BCUT2D eigenvalue weighted by Crippen LogP contribution is -2.33. The quantitative estimate of drug-likeness (QED) is 0.512. The van der Waals surface area contributed by atoms with Crippen molar-refractivity contribution in [1.29, 1.82) is 0 Å². The number of nitrogens with zero attached hydrogens (tertiary/aromatic N) is 3. The van der Waals surface area contributed by atoms with Crippen LogP contribution in [-0.2, 0) is 17.9 Å². The van der Waals surface area contributed by atoms with Gasteiger partial charge < -0.3 is 10.1 Å². The van der Waals surface area contributed by atoms with E-state index in [1.807, 2.05) is 36.6 Å². The molecule has 1 aliphatic rings. The van der Waals surface area contributed by atoms with Crippen molar-refractivity contribution < 1.29 is 9.53 Å². The minimum absolute atomic E-state index is 0.0541. The van der Waals surface area contributed by atoms with Crippen molar-refractivity contribution in [3.8, 4) is 5.75 Å². The number of carbonyl (C=O) groups is 1. The smallest absolute Gasteiger partial charge is 0.230 e. The van der Waals surface area contributed by atoms with Crippen molar-refractivity contribution in [1.82, 2.24) is 20.1 Å². The molecule has 1 fully saturated rings. The summed E-state index contributed by atoms with van der Waals surface area (Å²) in [6.07, 6.45) is 6.38. The number of thioether (sulfide) groups is 1. The highest BCUT2D eigenvalue weighted by atomic mass is 32.2. The maximum absolute atomic E-state index is 12.2. The van der Waals surface area contributed by atoms with Crippen molar-refractivity contribution in [2.75, 3.05) is 5.75 Å². The minimum Gasteiger partial charge on any atom is -0.485 e. The van der Waals surface area contributed by atoms with Crippen LogP contribution in [0.25, 0.3) is 0 Å². The maximum atomic E-state index is 12.2. The summed E-state index contributed by atoms with van der Waals surface area (Å²) in [5, 5.41) is 12.4. The Morgan fingerprint density at radius 3 is 2.71 bits per heavy atom. The van der Waals surface area contributed by atoms with Crippen molar-refractivity contribution in [3.05, 3.63) is 47.8 Å². The fourth-order valence-electron chi connectivity index (χ4n) is 3.48. The van der Waals surface area contributed by atoms with Crippen LogP contribution in [0.1, 0.15) is 42.6 Å². The molecule has 1 aliphatic carbocycles. The van der Waals surface area contributed by atoms with Crippen LogP contribution in [0.15, 0.2) is 36.0 Å². The first kappa shape index (κ1) is 20.5. The number of nitrogens with one attached hydrogen (secondary N) is 1. The minimum atomic E-state index is 0.0541. The van der Waals surface area contributed by atoms with Crippen molar-refractivity contribution >= 4 is 17.7 Å². The lowest BCUT2D eigenvalue weighted by Gasteiger charge is -2.13. The van der Waals surface area contributed by atoms with E-state index in [-0.39, 0.29) is 5.91 Å². The molecular formula is C21H28N4O2S. The Labute approximate surface area is 170 Å². The molecule has 1 N–H and O–H groups in total. The third-order valence-electron chi connectivity index (χ3n) is 4.91. The highest BCUT2D eigenvalue weighted by molar-refractivity contribution is 7.99. The second-order valence-electron chi connectivity index (χ2n) is 7.15. The van der Waals surface area contributed by atoms with Gasteiger partial charge in [-0.15, -0.1) is 16.8 Å². The van der Waals surface area contributed by atoms with E-state index in [0.717, 1.165) is 35.5 Å². The lowest BCUT2D eigenvalue weighted by molar-refractivity contribution is -0.119. The Kier molecular flexibility index (Phi) is 7.14. The van der Waals surface area contributed by atoms with Gasteiger partial charge in [0.25, 0.3) is 0 Å². The first-order valence-electron chi connectivity index (χ1n) is 9.72. The third-order valence-corrected chi connectivity index (χ3v) is 5.88. The summed E-state index contributed by atoms with van der Waals surface area (Å²) in [4.78, 5) is 12.2. The maximum Gasteiger partial charge on any atom is 0.230 e. The number of amides is 1. The van der Waals surface area contributed by atoms with Gasteiger partial charge in [0.2, 0.25) is 5.91 Å². The molecule has 0 spiro atoms. The summed E-state index contributed by atoms with van der Waals surface area (Å²) in [6.45, 7) is 8.78. The van der Waals surface area contributed by atoms with Crippen molar-refractivity contribution in [2.24, 2.45) is 0 Å². The highest BCUT2D eigenvalue weighted by Crippen LogP contribution is 2.24. The van der Waals surface area contributed by atoms with Crippen LogP contribution in [-0.4, -0.2) is 32.5 Å². The second kappa shape index (κ2) is 9.78. The molecule has 1 heterocycles. The lowest BCUT2D eigenvalue weighted by atomic mass is 10.1. The molecule has 28 heavy (non-hydrogen) atoms. The molecule has 0 aliphatic heterocycles. The number of carbonyl (C=O) groups excluding carboxylic acids is 1. The number of para-hydroxylation sites is 1. The molecule has 1 aromatic heterocycles. The molecule has 7 heteroatoms. The Morgan fingerprint density at radius 2 is 2.04 bits per heavy atom. The molecule has 0 saturated heterocycles. The summed E-state index contributed by atoms with van der Waals surface area (Å²) < 4.78 is 7.97. The van der Waals surface area contributed by atoms with Crippen LogP contribution in [0.4, 0.5) is 0 Å². The number of benzene rings is 1. The summed E-state index contributed by atoms with van der Waals surface area (Å²) >= 11 is 1.40. The fraction of sp³-hybridized carbons (Fsp3) is 0.476. The zero-order valence-electron chi connectivity index (χ0n) is 16.6. The molecule has 150 valence electrons. The van der Waals surface area contributed by atoms with Gasteiger partial charge in [-0.1, -0.05) is 48.9 Å². The second-order valence-corrected chi connectivity index (χ2v) is 8.09. The van der Waals surface area contributed by atoms with Crippen LogP contribution >= 0.6 is 11.8 Å². The van der Waals surface area contributed by atoms with E-state index in [1.54, 1.807) is 6.08 Å². The molecule has 1 aromatic carbocycles. The number of hydrogen-bond acceptors (Lipinski definition) is 5. The van der Waals surface area contributed by atoms with Gasteiger partial charge in [0.15, 0.2) is 11.0 Å². The van der Waals surface area contributed by atoms with Crippen LogP contribution < -0.4 is 10.1 Å². The standard InChI is InChI=1S/C21H28N4O2S/c1-4-12-25-18(13-27-20-15(2)8-7-9-16(20)3)23-24-21(25)28-14-19(26)22-17-10-5-6-11-17/h4,7-9,17H,1,5-6,10-14H2,2-3H3,(H,22,26). The molecule has 0 unspecified atom stereocenters. The van der Waals surface area contributed by atoms with Gasteiger partial charge in [0.1, 0.15) is 12.4 Å². The van der Waals surface area contributed by atoms with Gasteiger partial charge in [-0.3, -0.25) is 9.36 Å². The highest BCUT2D eigenvalue weighted by Gasteiger charge is 2.19. The molecular weight excluding hydrogens is 372 g/mol. The summed E-state index contributed by atoms with van der Waals surface area (Å²) in [6, 6.07) is 6.41. The van der Waals surface area contributed by atoms with Crippen LogP contribution in [0.2, 0.25) is 0 Å². The number of rotatable bonds is 9. The van der Waals surface area contributed by atoms with E-state index in [1.165, 1.54) is 24.6 Å². The first-order valence-corrected chi connectivity index (χ1v) is 10.7. The predicted molar refractivity (Wildman–Crippen MR) is 112 cm³/mol. The molecule has 1 saturated carbocycles. The monoisotopic (exact) mass is 400 g/mol. The Balaban J connectivity index is 1.62. The molecule has 6 nitrogen and oxygen atoms in total. The number of aromatic nitrogens is 3. The number of ether oxygens (including phenoxy) is 1. The van der Waals surface area contributed by atoms with Gasteiger partial charge in [-0.25, -0.2) is 0 Å². The summed E-state index contributed by atoms with van der Waals surface area (Å²) in [7, 11) is 0. The van der Waals surface area contributed by atoms with E-state index >= 15 is 0 Å². The van der Waals surface area contributed by atoms with Gasteiger partial charge in [-0.2, -0.15) is 0 Å². The van der Waals surface area contributed by atoms with Gasteiger partial charge in [-0.05, 0) is 37.8 Å². The summed E-state index contributed by atoms with van der Waals surface area (Å²) in [5.74, 6) is 1.99. The first-order chi connectivity index (χ1) is 13.6. The Bertz CT molecular complexity index is 808. The SMILES string of the molecule is C=CCn1c(COc2c(C)cccc2C)nnc1SCC(=O)NC1CCCC1. The average molecular weight is 401 g/mol. The fourth-order valence-corrected chi connectivity index (χ4v) is 4.26. The Hall–Kier alpha value is -2.28. The zero-order valence-corrected chi connectivity index (χ0v) is 17.4. The van der Waals surface area contributed by atoms with Gasteiger partial charge in [0, 0.05) is 12.6 Å². The number of hydrogen-bond donors (Lipinski definition) is 1. The average Bonchev–Trinajstić information content (AvgIpc) is 3.30.